The SMILES string of the molecule is COCCn1ccnc1CN1CCC[C@@H](Cn2ccnc2)C1. The van der Waals surface area contributed by atoms with Crippen LogP contribution in [0.3, 0.4) is 0 Å². The van der Waals surface area contributed by atoms with Crippen LogP contribution in [0.25, 0.3) is 0 Å². The smallest absolute Gasteiger partial charge is 0.122 e. The van der Waals surface area contributed by atoms with Crippen molar-refractivity contribution in [3.8, 4) is 0 Å². The summed E-state index contributed by atoms with van der Waals surface area (Å²) < 4.78 is 9.55. The van der Waals surface area contributed by atoms with Gasteiger partial charge in [-0.3, -0.25) is 4.90 Å². The fraction of sp³-hybridized carbons (Fsp3) is 0.625. The van der Waals surface area contributed by atoms with Gasteiger partial charge in [0.15, 0.2) is 0 Å². The summed E-state index contributed by atoms with van der Waals surface area (Å²) in [6, 6.07) is 0. The summed E-state index contributed by atoms with van der Waals surface area (Å²) in [6.07, 6.45) is 12.3. The van der Waals surface area contributed by atoms with Gasteiger partial charge in [0.25, 0.3) is 0 Å². The molecule has 22 heavy (non-hydrogen) atoms. The Morgan fingerprint density at radius 1 is 1.32 bits per heavy atom. The molecule has 0 aliphatic carbocycles. The molecular weight excluding hydrogens is 278 g/mol. The van der Waals surface area contributed by atoms with Crippen molar-refractivity contribution in [2.45, 2.75) is 32.5 Å². The zero-order valence-corrected chi connectivity index (χ0v) is 13.3. The Bertz CT molecular complexity index is 551. The topological polar surface area (TPSA) is 48.1 Å². The Morgan fingerprint density at radius 2 is 2.27 bits per heavy atom. The first kappa shape index (κ1) is 15.2. The van der Waals surface area contributed by atoms with Gasteiger partial charge >= 0.3 is 0 Å². The van der Waals surface area contributed by atoms with E-state index < -0.39 is 0 Å². The molecule has 0 unspecified atom stereocenters. The molecule has 6 heteroatoms. The molecule has 1 aliphatic heterocycles. The van der Waals surface area contributed by atoms with Gasteiger partial charge in [0.05, 0.1) is 19.5 Å². The number of aromatic nitrogens is 4. The number of likely N-dealkylation sites (tertiary alicyclic amines) is 1. The first-order valence-corrected chi connectivity index (χ1v) is 8.02. The Morgan fingerprint density at radius 3 is 3.09 bits per heavy atom. The molecule has 1 fully saturated rings. The predicted molar refractivity (Wildman–Crippen MR) is 84.3 cm³/mol. The Hall–Kier alpha value is -1.66. The number of hydrogen-bond acceptors (Lipinski definition) is 4. The molecule has 0 radical (unpaired) electrons. The minimum atomic E-state index is 0.699. The van der Waals surface area contributed by atoms with E-state index in [1.54, 1.807) is 7.11 Å². The highest BCUT2D eigenvalue weighted by Gasteiger charge is 2.21. The minimum absolute atomic E-state index is 0.699. The molecule has 2 aromatic heterocycles. The fourth-order valence-electron chi connectivity index (χ4n) is 3.22. The van der Waals surface area contributed by atoms with Gasteiger partial charge in [-0.05, 0) is 25.3 Å². The minimum Gasteiger partial charge on any atom is -0.383 e. The van der Waals surface area contributed by atoms with Crippen LogP contribution in [0.4, 0.5) is 0 Å². The molecule has 0 bridgehead atoms. The summed E-state index contributed by atoms with van der Waals surface area (Å²) in [5.41, 5.74) is 0. The van der Waals surface area contributed by atoms with Gasteiger partial charge in [-0.2, -0.15) is 0 Å². The number of hydrogen-bond donors (Lipinski definition) is 0. The van der Waals surface area contributed by atoms with Crippen LogP contribution in [0, 0.1) is 5.92 Å². The lowest BCUT2D eigenvalue weighted by molar-refractivity contribution is 0.148. The molecular formula is C16H25N5O. The van der Waals surface area contributed by atoms with Crippen LogP contribution >= 0.6 is 0 Å². The first-order valence-electron chi connectivity index (χ1n) is 8.02. The molecule has 6 nitrogen and oxygen atoms in total. The third-order valence-corrected chi connectivity index (χ3v) is 4.33. The van der Waals surface area contributed by atoms with Crippen molar-refractivity contribution in [2.24, 2.45) is 5.92 Å². The van der Waals surface area contributed by atoms with E-state index >= 15 is 0 Å². The van der Waals surface area contributed by atoms with Gasteiger partial charge < -0.3 is 13.9 Å². The number of methoxy groups -OCH3 is 1. The molecule has 120 valence electrons. The summed E-state index contributed by atoms with van der Waals surface area (Å²) in [6.45, 7) is 5.89. The standard InChI is InChI=1S/C16H25N5O/c1-22-10-9-21-8-5-18-16(21)13-19-6-2-3-15(11-19)12-20-7-4-17-14-20/h4-5,7-8,14-15H,2-3,6,9-13H2,1H3/t15-/m1/s1. The average molecular weight is 303 g/mol. The molecule has 3 rings (SSSR count). The lowest BCUT2D eigenvalue weighted by atomic mass is 9.98. The third kappa shape index (κ3) is 3.96. The van der Waals surface area contributed by atoms with Gasteiger partial charge in [-0.25, -0.2) is 9.97 Å². The second kappa shape index (κ2) is 7.56. The molecule has 0 aromatic carbocycles. The molecule has 0 spiro atoms. The first-order chi connectivity index (χ1) is 10.8. The average Bonchev–Trinajstić information content (AvgIpc) is 3.18. The predicted octanol–water partition coefficient (Wildman–Crippen LogP) is 1.64. The molecule has 0 amide bonds. The molecule has 2 aromatic rings. The van der Waals surface area contributed by atoms with Crippen LogP contribution in [0.2, 0.25) is 0 Å². The molecule has 0 N–H and O–H groups in total. The fourth-order valence-corrected chi connectivity index (χ4v) is 3.22. The summed E-state index contributed by atoms with van der Waals surface area (Å²) in [5.74, 6) is 1.84. The van der Waals surface area contributed by atoms with E-state index in [1.807, 2.05) is 24.9 Å². The lowest BCUT2D eigenvalue weighted by Crippen LogP contribution is -2.37. The summed E-state index contributed by atoms with van der Waals surface area (Å²) in [4.78, 5) is 11.2. The third-order valence-electron chi connectivity index (χ3n) is 4.33. The van der Waals surface area contributed by atoms with E-state index in [1.165, 1.54) is 12.8 Å². The molecule has 1 saturated heterocycles. The van der Waals surface area contributed by atoms with Crippen molar-refractivity contribution in [3.05, 3.63) is 36.9 Å². The van der Waals surface area contributed by atoms with Crippen LogP contribution in [0.5, 0.6) is 0 Å². The van der Waals surface area contributed by atoms with Gasteiger partial charge in [-0.1, -0.05) is 0 Å². The van der Waals surface area contributed by atoms with Crippen molar-refractivity contribution < 1.29 is 4.74 Å². The van der Waals surface area contributed by atoms with Crippen molar-refractivity contribution in [2.75, 3.05) is 26.8 Å². The zero-order chi connectivity index (χ0) is 15.2. The molecule has 1 aliphatic rings. The molecule has 3 heterocycles. The number of ether oxygens (including phenoxy) is 1. The zero-order valence-electron chi connectivity index (χ0n) is 13.3. The Labute approximate surface area is 131 Å². The number of piperidine rings is 1. The molecule has 1 atom stereocenters. The van der Waals surface area contributed by atoms with E-state index in [-0.39, 0.29) is 0 Å². The van der Waals surface area contributed by atoms with Crippen LogP contribution in [-0.4, -0.2) is 50.8 Å². The van der Waals surface area contributed by atoms with Gasteiger partial charge in [-0.15, -0.1) is 0 Å². The maximum atomic E-state index is 5.17. The van der Waals surface area contributed by atoms with Crippen LogP contribution in [-0.2, 0) is 24.4 Å². The van der Waals surface area contributed by atoms with Crippen LogP contribution in [0.15, 0.2) is 31.1 Å². The monoisotopic (exact) mass is 303 g/mol. The van der Waals surface area contributed by atoms with Gasteiger partial charge in [0.1, 0.15) is 5.82 Å². The van der Waals surface area contributed by atoms with Crippen molar-refractivity contribution in [3.63, 3.8) is 0 Å². The lowest BCUT2D eigenvalue weighted by Gasteiger charge is -2.32. The highest BCUT2D eigenvalue weighted by molar-refractivity contribution is 4.93. The second-order valence-corrected chi connectivity index (χ2v) is 6.03. The van der Waals surface area contributed by atoms with E-state index in [9.17, 15) is 0 Å². The maximum absolute atomic E-state index is 5.17. The Balaban J connectivity index is 1.55. The van der Waals surface area contributed by atoms with Crippen molar-refractivity contribution >= 4 is 0 Å². The highest BCUT2D eigenvalue weighted by Crippen LogP contribution is 2.19. The summed E-state index contributed by atoms with van der Waals surface area (Å²) in [5, 5.41) is 0. The van der Waals surface area contributed by atoms with Crippen LogP contribution < -0.4 is 0 Å². The normalized spacial score (nSPS) is 19.6. The summed E-state index contributed by atoms with van der Waals surface area (Å²) in [7, 11) is 1.74. The van der Waals surface area contributed by atoms with Crippen molar-refractivity contribution in [1.82, 2.24) is 24.0 Å². The number of rotatable bonds is 7. The van der Waals surface area contributed by atoms with Crippen molar-refractivity contribution in [1.29, 1.82) is 0 Å². The molecule has 0 saturated carbocycles. The van der Waals surface area contributed by atoms with E-state index in [0.29, 0.717) is 5.92 Å². The summed E-state index contributed by atoms with van der Waals surface area (Å²) >= 11 is 0. The number of nitrogens with zero attached hydrogens (tertiary/aromatic N) is 5. The largest absolute Gasteiger partial charge is 0.383 e. The van der Waals surface area contributed by atoms with E-state index in [0.717, 1.165) is 45.2 Å². The van der Waals surface area contributed by atoms with Gasteiger partial charge in [0.2, 0.25) is 0 Å². The Kier molecular flexibility index (Phi) is 5.24. The van der Waals surface area contributed by atoms with E-state index in [4.69, 9.17) is 4.74 Å². The second-order valence-electron chi connectivity index (χ2n) is 6.03. The highest BCUT2D eigenvalue weighted by atomic mass is 16.5. The maximum Gasteiger partial charge on any atom is 0.122 e. The van der Waals surface area contributed by atoms with Gasteiger partial charge in [0, 0.05) is 51.5 Å². The van der Waals surface area contributed by atoms with E-state index in [2.05, 4.69) is 30.2 Å². The quantitative estimate of drug-likeness (QED) is 0.780. The number of imidazole rings is 2. The van der Waals surface area contributed by atoms with Crippen LogP contribution in [0.1, 0.15) is 18.7 Å².